The molecule has 0 saturated carbocycles. The lowest BCUT2D eigenvalue weighted by atomic mass is 9.99. The van der Waals surface area contributed by atoms with Gasteiger partial charge >= 0.3 is 0 Å². The van der Waals surface area contributed by atoms with Crippen LogP contribution in [0.15, 0.2) is 65.9 Å². The number of carbonyl (C=O) groups excluding carboxylic acids is 14. The van der Waals surface area contributed by atoms with Gasteiger partial charge in [-0.1, -0.05) is 50.2 Å². The van der Waals surface area contributed by atoms with Crippen LogP contribution in [0, 0.1) is 5.92 Å². The van der Waals surface area contributed by atoms with E-state index in [9.17, 15) is 53.1 Å². The monoisotopic (exact) mass is 1710 g/mol. The molecule has 674 valence electrons. The number of amides is 14. The summed E-state index contributed by atoms with van der Waals surface area (Å²) in [6, 6.07) is -5.60. The van der Waals surface area contributed by atoms with E-state index < -0.39 is 173 Å². The highest BCUT2D eigenvalue weighted by Crippen LogP contribution is 2.28. The molecule has 15 atom stereocenters. The normalized spacial score (nSPS) is 25.5. The molecule has 2 aromatic carbocycles. The smallest absolute Gasteiger partial charge is 0.246 e. The molecule has 122 heavy (non-hydrogen) atoms. The number of aliphatic hydroxyl groups excluding tert-OH is 1. The number of unbranched alkanes of at least 4 members (excludes halogenated alkanes) is 2. The van der Waals surface area contributed by atoms with E-state index in [1.54, 1.807) is 74.8 Å². The number of carbonyl (C=O) groups is 14. The number of H-pyrrole nitrogens is 2. The van der Waals surface area contributed by atoms with Gasteiger partial charge in [0.25, 0.3) is 0 Å². The van der Waals surface area contributed by atoms with E-state index in [1.165, 1.54) is 30.7 Å². The number of para-hydroxylation sites is 2. The number of hydrogen-bond donors (Lipinski definition) is 22. The van der Waals surface area contributed by atoms with Crippen molar-refractivity contribution in [2.75, 3.05) is 66.0 Å². The number of aromatic amines is 2. The highest BCUT2D eigenvalue weighted by molar-refractivity contribution is 6.02. The topological polar surface area (TPSA) is 653 Å². The molecule has 14 amide bonds. The van der Waals surface area contributed by atoms with Crippen LogP contribution in [0.5, 0.6) is 0 Å². The number of aliphatic hydroxyl groups is 1. The zero-order chi connectivity index (χ0) is 89.3. The molecule has 0 radical (unpaired) electrons. The standard InChI is InChI=1S/C82H131N25O15/c1-46(2)41-61-73(114)98-58(31-37-88)72(113)95-56(26-15-35-86)71(112)100-59(23-10-12-32-83)79(120)105(5)64(27-16-38-91-82(89)90)76(117)102-62(42-49-44-92-53-21-8-6-19-51(49)53)74(115)96-55(25-14-34-85)70(111)97-57(30-36-87)69(110)94-47(3)68(109)99-60(24-11-13-33-84)80(121)107-40-18-29-66(107)81(122)106-39-17-28-65(106)77(118)104-67(48(4)108)78(119)103-63(75(116)101-61)43-50-45-93-54-22-9-7-20-52(50)54/h6-9,19-22,44-48,55-67,92-93,108H,10-18,23-43,83-88H2,1-5H3,(H,94,110)(H,95,113)(H,96,115)(H,97,111)(H,98,114)(H,99,109)(H,100,112)(H,101,116)(H,102,117)(H,103,119)(H,104,118)(H4,89,90,91)/t47-,48+,55-,56-,57-,58-,59+,60-,61-,62-,63-,64-,65-,66+,67-/m0/s1. The first kappa shape index (κ1) is 98.2. The van der Waals surface area contributed by atoms with Crippen molar-refractivity contribution in [3.05, 3.63) is 72.1 Å². The van der Waals surface area contributed by atoms with Crippen molar-refractivity contribution in [1.82, 2.24) is 83.2 Å². The molecule has 0 spiro atoms. The molecule has 3 aliphatic rings. The average molecular weight is 1710 g/mol. The number of nitrogens with zero attached hydrogens (tertiary/aromatic N) is 4. The maximum absolute atomic E-state index is 15.4. The number of rotatable bonds is 29. The Morgan fingerprint density at radius 3 is 1.30 bits per heavy atom. The van der Waals surface area contributed by atoms with E-state index in [4.69, 9.17) is 45.9 Å². The van der Waals surface area contributed by atoms with Gasteiger partial charge in [0.1, 0.15) is 84.6 Å². The third-order valence-electron chi connectivity index (χ3n) is 22.3. The van der Waals surface area contributed by atoms with Crippen LogP contribution in [-0.2, 0) is 80.0 Å². The summed E-state index contributed by atoms with van der Waals surface area (Å²) in [5.74, 6) is -12.3. The second-order valence-electron chi connectivity index (χ2n) is 32.1. The molecular weight excluding hydrogens is 1580 g/mol. The van der Waals surface area contributed by atoms with Gasteiger partial charge in [0.2, 0.25) is 82.7 Å². The van der Waals surface area contributed by atoms with Crippen molar-refractivity contribution in [2.45, 2.75) is 253 Å². The molecule has 40 heteroatoms. The third-order valence-corrected chi connectivity index (χ3v) is 22.3. The molecule has 3 aliphatic heterocycles. The summed E-state index contributed by atoms with van der Waals surface area (Å²) in [6.07, 6.45) is 3.19. The van der Waals surface area contributed by atoms with Crippen LogP contribution in [0.4, 0.5) is 0 Å². The average Bonchev–Trinajstić information content (AvgIpc) is 1.63. The lowest BCUT2D eigenvalue weighted by Gasteiger charge is -2.34. The Kier molecular flexibility index (Phi) is 39.6. The molecule has 3 saturated heterocycles. The number of nitrogens with one attached hydrogen (secondary N) is 13. The van der Waals surface area contributed by atoms with Crippen molar-refractivity contribution in [1.29, 1.82) is 0 Å². The molecule has 4 aromatic rings. The summed E-state index contributed by atoms with van der Waals surface area (Å²) >= 11 is 0. The Morgan fingerprint density at radius 1 is 0.418 bits per heavy atom. The predicted octanol–water partition coefficient (Wildman–Crippen LogP) is -4.48. The van der Waals surface area contributed by atoms with Crippen LogP contribution in [0.2, 0.25) is 0 Å². The van der Waals surface area contributed by atoms with E-state index in [0.717, 1.165) is 4.90 Å². The number of likely N-dealkylation sites (N-methyl/N-ethyl adjacent to an activating group) is 1. The Hall–Kier alpha value is -10.9. The molecule has 0 aliphatic carbocycles. The summed E-state index contributed by atoms with van der Waals surface area (Å²) in [4.78, 5) is 223. The second kappa shape index (κ2) is 49.3. The molecule has 0 bridgehead atoms. The summed E-state index contributed by atoms with van der Waals surface area (Å²) < 4.78 is 0. The number of fused-ring (bicyclic) bond motifs is 4. The van der Waals surface area contributed by atoms with Gasteiger partial charge in [-0.05, 0) is 204 Å². The maximum atomic E-state index is 15.4. The van der Waals surface area contributed by atoms with Crippen LogP contribution in [-0.4, -0.2) is 275 Å². The zero-order valence-electron chi connectivity index (χ0n) is 70.8. The van der Waals surface area contributed by atoms with Crippen LogP contribution >= 0.6 is 0 Å². The van der Waals surface area contributed by atoms with Gasteiger partial charge in [0.15, 0.2) is 5.96 Å². The van der Waals surface area contributed by atoms with Gasteiger partial charge in [-0.25, -0.2) is 0 Å². The van der Waals surface area contributed by atoms with Crippen molar-refractivity contribution in [3.63, 3.8) is 0 Å². The fourth-order valence-corrected chi connectivity index (χ4v) is 15.6. The summed E-state index contributed by atoms with van der Waals surface area (Å²) in [7, 11) is 1.33. The van der Waals surface area contributed by atoms with Gasteiger partial charge < -0.3 is 134 Å². The molecule has 5 heterocycles. The Balaban J connectivity index is 1.30. The summed E-state index contributed by atoms with van der Waals surface area (Å²) in [5.41, 5.74) is 50.0. The minimum Gasteiger partial charge on any atom is -0.391 e. The number of nitrogens with two attached hydrogens (primary N) is 8. The Morgan fingerprint density at radius 2 is 0.820 bits per heavy atom. The van der Waals surface area contributed by atoms with Gasteiger partial charge in [-0.3, -0.25) is 72.1 Å². The van der Waals surface area contributed by atoms with Crippen molar-refractivity contribution in [2.24, 2.45) is 56.8 Å². The van der Waals surface area contributed by atoms with E-state index in [-0.39, 0.29) is 174 Å². The van der Waals surface area contributed by atoms with E-state index in [2.05, 4.69) is 73.4 Å². The van der Waals surface area contributed by atoms with E-state index in [0.29, 0.717) is 65.0 Å². The lowest BCUT2D eigenvalue weighted by molar-refractivity contribution is -0.148. The van der Waals surface area contributed by atoms with Crippen molar-refractivity contribution < 1.29 is 72.2 Å². The number of aromatic nitrogens is 2. The summed E-state index contributed by atoms with van der Waals surface area (Å²) in [5, 5.41) is 42.8. The zero-order valence-corrected chi connectivity index (χ0v) is 70.8. The van der Waals surface area contributed by atoms with E-state index >= 15 is 19.2 Å². The Bertz CT molecular complexity index is 4230. The molecule has 30 N–H and O–H groups in total. The number of aliphatic imine (C=N–C) groups is 1. The molecule has 0 unspecified atom stereocenters. The molecule has 2 aromatic heterocycles. The molecular formula is C82H131N25O15. The third kappa shape index (κ3) is 28.3. The SMILES string of the molecule is CC(C)C[C@@H]1NC(=O)[C@H](Cc2c[nH]c3ccccc23)NC(=O)[C@H]([C@@H](C)O)NC(=O)[C@@H]2CCCN2C(=O)[C@H]2CCCN2C(=O)[C@H](CCCCN)NC(=O)[C@H](C)NC(=O)[C@H](CCN)NC(=O)[C@H](CCCN)NC(=O)[C@H](Cc2c[nH]c3ccccc23)NC(=O)[C@H](CCCN=C(N)N)N(C)C(=O)[C@@H](CCCCN)NC(=O)[C@H](CCCN)NC(=O)[C@H](CCN)NC1=O. The number of guanidine groups is 1. The van der Waals surface area contributed by atoms with Crippen LogP contribution < -0.4 is 104 Å². The summed E-state index contributed by atoms with van der Waals surface area (Å²) in [6.45, 7) is 6.40. The predicted molar refractivity (Wildman–Crippen MR) is 458 cm³/mol. The lowest BCUT2D eigenvalue weighted by Crippen LogP contribution is -2.62. The Labute approximate surface area is 710 Å². The van der Waals surface area contributed by atoms with Gasteiger partial charge in [0, 0.05) is 73.7 Å². The first-order valence-electron chi connectivity index (χ1n) is 42.6. The van der Waals surface area contributed by atoms with Crippen molar-refractivity contribution >= 4 is 110 Å². The van der Waals surface area contributed by atoms with Crippen LogP contribution in [0.3, 0.4) is 0 Å². The minimum absolute atomic E-state index is 0.0281. The van der Waals surface area contributed by atoms with Gasteiger partial charge in [-0.2, -0.15) is 0 Å². The highest BCUT2D eigenvalue weighted by atomic mass is 16.3. The van der Waals surface area contributed by atoms with Crippen molar-refractivity contribution in [3.8, 4) is 0 Å². The fourth-order valence-electron chi connectivity index (χ4n) is 15.6. The van der Waals surface area contributed by atoms with Gasteiger partial charge in [-0.15, -0.1) is 0 Å². The second-order valence-corrected chi connectivity index (χ2v) is 32.1. The maximum Gasteiger partial charge on any atom is 0.246 e. The van der Waals surface area contributed by atoms with Gasteiger partial charge in [0.05, 0.1) is 6.10 Å². The largest absolute Gasteiger partial charge is 0.391 e. The molecule has 3 fully saturated rings. The van der Waals surface area contributed by atoms with Crippen LogP contribution in [0.25, 0.3) is 21.8 Å². The highest BCUT2D eigenvalue weighted by Gasteiger charge is 2.46. The quantitative estimate of drug-likeness (QED) is 0.0138. The first-order chi connectivity index (χ1) is 58.4. The number of benzene rings is 2. The fraction of sp³-hybridized carbons (Fsp3) is 0.622. The first-order valence-corrected chi connectivity index (χ1v) is 42.6. The van der Waals surface area contributed by atoms with E-state index in [1.807, 2.05) is 0 Å². The molecule has 40 nitrogen and oxygen atoms in total. The number of hydrogen-bond acceptors (Lipinski definition) is 22. The molecule has 7 rings (SSSR count). The van der Waals surface area contributed by atoms with Crippen LogP contribution in [0.1, 0.15) is 161 Å². The minimum atomic E-state index is -1.76.